The van der Waals surface area contributed by atoms with Crippen LogP contribution in [0.15, 0.2) is 60.5 Å². The molecule has 0 bridgehead atoms. The van der Waals surface area contributed by atoms with Crippen LogP contribution in [-0.2, 0) is 10.8 Å². The average Bonchev–Trinajstić information content (AvgIpc) is 2.63. The maximum Gasteiger partial charge on any atom is 0.142 e. The molecule has 2 aromatic rings. The molecule has 1 aromatic carbocycles. The molecule has 1 aromatic heterocycles. The Balaban J connectivity index is 2.02. The zero-order valence-electron chi connectivity index (χ0n) is 15.8. The number of allylic oxidation sites excluding steroid dienone is 4. The van der Waals surface area contributed by atoms with Gasteiger partial charge in [0.05, 0.1) is 0 Å². The summed E-state index contributed by atoms with van der Waals surface area (Å²) < 4.78 is 0. The summed E-state index contributed by atoms with van der Waals surface area (Å²) in [5.41, 5.74) is 2.11. The summed E-state index contributed by atoms with van der Waals surface area (Å²) in [5, 5.41) is 0. The van der Waals surface area contributed by atoms with Gasteiger partial charge in [0.25, 0.3) is 0 Å². The highest BCUT2D eigenvalue weighted by Crippen LogP contribution is 2.38. The molecule has 1 aliphatic carbocycles. The summed E-state index contributed by atoms with van der Waals surface area (Å²) in [7, 11) is 0. The molecule has 1 unspecified atom stereocenters. The van der Waals surface area contributed by atoms with E-state index < -0.39 is 0 Å². The second-order valence-electron chi connectivity index (χ2n) is 7.94. The number of rotatable bonds is 4. The Kier molecular flexibility index (Phi) is 4.59. The normalized spacial score (nSPS) is 18.1. The molecule has 0 amide bonds. The van der Waals surface area contributed by atoms with Crippen molar-refractivity contribution >= 4 is 0 Å². The lowest BCUT2D eigenvalue weighted by Crippen LogP contribution is -2.31. The summed E-state index contributed by atoms with van der Waals surface area (Å²) in [5.74, 6) is 2.16. The van der Waals surface area contributed by atoms with E-state index in [1.54, 1.807) is 6.33 Å². The molecular formula is C22H27N3. The van der Waals surface area contributed by atoms with Gasteiger partial charge >= 0.3 is 0 Å². The number of hydrogen-bond donors (Lipinski definition) is 0. The molecule has 1 aliphatic rings. The first-order chi connectivity index (χ1) is 11.8. The second-order valence-corrected chi connectivity index (χ2v) is 7.94. The molecule has 0 aliphatic heterocycles. The van der Waals surface area contributed by atoms with E-state index in [0.29, 0.717) is 5.92 Å². The van der Waals surface area contributed by atoms with E-state index in [1.165, 1.54) is 11.1 Å². The van der Waals surface area contributed by atoms with Crippen molar-refractivity contribution < 1.29 is 0 Å². The number of aromatic nitrogens is 3. The van der Waals surface area contributed by atoms with Crippen LogP contribution in [0, 0.1) is 5.92 Å². The number of hydrogen-bond acceptors (Lipinski definition) is 3. The summed E-state index contributed by atoms with van der Waals surface area (Å²) in [4.78, 5) is 14.0. The second kappa shape index (κ2) is 6.55. The van der Waals surface area contributed by atoms with Crippen LogP contribution in [-0.4, -0.2) is 15.0 Å². The van der Waals surface area contributed by atoms with Crippen LogP contribution in [0.2, 0.25) is 0 Å². The smallest absolute Gasteiger partial charge is 0.142 e. The standard InChI is InChI=1S/C22H27N3/c1-16-11-9-10-14-18(16)22(4,5)20-24-15-23-19(25-20)21(2,3)17-12-7-6-8-13-17/h6-10,12-16H,11H2,1-5H3. The van der Waals surface area contributed by atoms with Crippen LogP contribution >= 0.6 is 0 Å². The third-order valence-corrected chi connectivity index (χ3v) is 5.34. The largest absolute Gasteiger partial charge is 0.220 e. The van der Waals surface area contributed by atoms with Gasteiger partial charge in [0.2, 0.25) is 0 Å². The fourth-order valence-electron chi connectivity index (χ4n) is 3.58. The van der Waals surface area contributed by atoms with Gasteiger partial charge in [-0.1, -0.05) is 61.1 Å². The molecule has 3 heteroatoms. The first-order valence-corrected chi connectivity index (χ1v) is 8.96. The highest BCUT2D eigenvalue weighted by atomic mass is 15.0. The third kappa shape index (κ3) is 3.28. The van der Waals surface area contributed by atoms with Crippen molar-refractivity contribution in [2.75, 3.05) is 0 Å². The summed E-state index contributed by atoms with van der Waals surface area (Å²) in [6, 6.07) is 10.4. The predicted molar refractivity (Wildman–Crippen MR) is 102 cm³/mol. The maximum atomic E-state index is 4.91. The summed E-state index contributed by atoms with van der Waals surface area (Å²) in [6.45, 7) is 11.0. The van der Waals surface area contributed by atoms with Crippen LogP contribution in [0.5, 0.6) is 0 Å². The van der Waals surface area contributed by atoms with Crippen LogP contribution in [0.3, 0.4) is 0 Å². The molecule has 0 radical (unpaired) electrons. The van der Waals surface area contributed by atoms with Gasteiger partial charge in [0, 0.05) is 10.8 Å². The number of benzene rings is 1. The highest BCUT2D eigenvalue weighted by molar-refractivity contribution is 5.35. The molecule has 3 rings (SSSR count). The minimum absolute atomic E-state index is 0.214. The Morgan fingerprint density at radius 1 is 0.920 bits per heavy atom. The molecule has 25 heavy (non-hydrogen) atoms. The van der Waals surface area contributed by atoms with Gasteiger partial charge in [0.15, 0.2) is 0 Å². The molecule has 0 fully saturated rings. The van der Waals surface area contributed by atoms with E-state index in [2.05, 4.69) is 87.1 Å². The van der Waals surface area contributed by atoms with Crippen molar-refractivity contribution in [2.24, 2.45) is 5.92 Å². The highest BCUT2D eigenvalue weighted by Gasteiger charge is 2.34. The van der Waals surface area contributed by atoms with Crippen molar-refractivity contribution in [2.45, 2.75) is 51.9 Å². The Bertz CT molecular complexity index is 801. The summed E-state index contributed by atoms with van der Waals surface area (Å²) in [6.07, 6.45) is 9.32. The number of nitrogens with zero attached hydrogens (tertiary/aromatic N) is 3. The average molecular weight is 333 g/mol. The molecule has 0 saturated heterocycles. The van der Waals surface area contributed by atoms with Crippen LogP contribution < -0.4 is 0 Å². The molecule has 1 atom stereocenters. The fourth-order valence-corrected chi connectivity index (χ4v) is 3.58. The first-order valence-electron chi connectivity index (χ1n) is 8.96. The predicted octanol–water partition coefficient (Wildman–Crippen LogP) is 5.00. The van der Waals surface area contributed by atoms with Gasteiger partial charge in [-0.15, -0.1) is 0 Å². The van der Waals surface area contributed by atoms with Gasteiger partial charge < -0.3 is 0 Å². The van der Waals surface area contributed by atoms with E-state index in [4.69, 9.17) is 4.98 Å². The molecular weight excluding hydrogens is 306 g/mol. The van der Waals surface area contributed by atoms with Gasteiger partial charge in [-0.2, -0.15) is 0 Å². The molecule has 3 nitrogen and oxygen atoms in total. The van der Waals surface area contributed by atoms with Gasteiger partial charge in [-0.05, 0) is 45.6 Å². The van der Waals surface area contributed by atoms with Crippen molar-refractivity contribution in [3.05, 3.63) is 77.7 Å². The monoisotopic (exact) mass is 333 g/mol. The molecule has 0 saturated carbocycles. The molecule has 1 heterocycles. The lowest BCUT2D eigenvalue weighted by Gasteiger charge is -2.33. The Labute approximate surface area is 151 Å². The van der Waals surface area contributed by atoms with Crippen molar-refractivity contribution in [1.82, 2.24) is 15.0 Å². The van der Waals surface area contributed by atoms with E-state index in [1.807, 2.05) is 6.07 Å². The van der Waals surface area contributed by atoms with Crippen LogP contribution in [0.25, 0.3) is 0 Å². The quantitative estimate of drug-likeness (QED) is 0.790. The van der Waals surface area contributed by atoms with Crippen molar-refractivity contribution in [3.8, 4) is 0 Å². The van der Waals surface area contributed by atoms with E-state index in [-0.39, 0.29) is 10.8 Å². The Morgan fingerprint density at radius 2 is 1.56 bits per heavy atom. The van der Waals surface area contributed by atoms with Crippen LogP contribution in [0.4, 0.5) is 0 Å². The minimum Gasteiger partial charge on any atom is -0.220 e. The van der Waals surface area contributed by atoms with Crippen molar-refractivity contribution in [3.63, 3.8) is 0 Å². The Hall–Kier alpha value is -2.29. The zero-order valence-corrected chi connectivity index (χ0v) is 15.8. The fraction of sp³-hybridized carbons (Fsp3) is 0.409. The van der Waals surface area contributed by atoms with Crippen molar-refractivity contribution in [1.29, 1.82) is 0 Å². The SMILES string of the molecule is CC1CC=CC=C1C(C)(C)c1ncnc(C(C)(C)c2ccccc2)n1. The third-order valence-electron chi connectivity index (χ3n) is 5.34. The Morgan fingerprint density at radius 3 is 2.20 bits per heavy atom. The first kappa shape index (κ1) is 17.5. The lowest BCUT2D eigenvalue weighted by atomic mass is 9.74. The molecule has 130 valence electrons. The van der Waals surface area contributed by atoms with Gasteiger partial charge in [-0.25, -0.2) is 15.0 Å². The van der Waals surface area contributed by atoms with Gasteiger partial charge in [0.1, 0.15) is 18.0 Å². The van der Waals surface area contributed by atoms with Gasteiger partial charge in [-0.3, -0.25) is 0 Å². The van der Waals surface area contributed by atoms with Crippen LogP contribution in [0.1, 0.15) is 58.3 Å². The zero-order chi connectivity index (χ0) is 18.1. The minimum atomic E-state index is -0.262. The van der Waals surface area contributed by atoms with E-state index in [9.17, 15) is 0 Å². The molecule has 0 spiro atoms. The topological polar surface area (TPSA) is 38.7 Å². The van der Waals surface area contributed by atoms with E-state index >= 15 is 0 Å². The maximum absolute atomic E-state index is 4.91. The molecule has 0 N–H and O–H groups in total. The summed E-state index contributed by atoms with van der Waals surface area (Å²) >= 11 is 0. The van der Waals surface area contributed by atoms with E-state index in [0.717, 1.165) is 18.1 Å². The lowest BCUT2D eigenvalue weighted by molar-refractivity contribution is 0.476.